The number of carbonyl (C=O) groups is 1. The lowest BCUT2D eigenvalue weighted by atomic mass is 9.91. The quantitative estimate of drug-likeness (QED) is 0.739. The Hall–Kier alpha value is -1.59. The van der Waals surface area contributed by atoms with Crippen molar-refractivity contribution < 1.29 is 9.90 Å². The van der Waals surface area contributed by atoms with Crippen LogP contribution in [0.25, 0.3) is 0 Å². The smallest absolute Gasteiger partial charge is 0.238 e. The second-order valence-electron chi connectivity index (χ2n) is 5.95. The van der Waals surface area contributed by atoms with E-state index in [0.29, 0.717) is 11.4 Å². The molecule has 1 amide bonds. The number of aryl methyl sites for hydroxylation is 1. The molecule has 21 heavy (non-hydrogen) atoms. The summed E-state index contributed by atoms with van der Waals surface area (Å²) in [5.41, 5.74) is 8.21. The number of aliphatic hydroxyl groups excluding tert-OH is 1. The molecule has 1 aliphatic carbocycles. The van der Waals surface area contributed by atoms with E-state index in [-0.39, 0.29) is 24.6 Å². The average molecular weight is 291 g/mol. The van der Waals surface area contributed by atoms with Crippen LogP contribution in [0.15, 0.2) is 18.2 Å². The highest BCUT2D eigenvalue weighted by molar-refractivity contribution is 5.92. The lowest BCUT2D eigenvalue weighted by Gasteiger charge is -2.34. The van der Waals surface area contributed by atoms with Crippen molar-refractivity contribution in [3.05, 3.63) is 23.8 Å². The SMILES string of the molecule is Cc1ccc(NC(=O)CN(C)C2CCCCC2O)cc1N. The summed E-state index contributed by atoms with van der Waals surface area (Å²) in [5, 5.41) is 12.9. The van der Waals surface area contributed by atoms with Crippen molar-refractivity contribution in [2.75, 3.05) is 24.6 Å². The van der Waals surface area contributed by atoms with Crippen LogP contribution in [-0.2, 0) is 4.79 Å². The fourth-order valence-corrected chi connectivity index (χ4v) is 2.87. The Kier molecular flexibility index (Phi) is 5.20. The molecule has 0 saturated heterocycles. The summed E-state index contributed by atoms with van der Waals surface area (Å²) in [7, 11) is 1.89. The van der Waals surface area contributed by atoms with E-state index >= 15 is 0 Å². The van der Waals surface area contributed by atoms with Crippen molar-refractivity contribution in [2.45, 2.75) is 44.8 Å². The van der Waals surface area contributed by atoms with E-state index in [4.69, 9.17) is 5.73 Å². The highest BCUT2D eigenvalue weighted by Crippen LogP contribution is 2.22. The van der Waals surface area contributed by atoms with E-state index < -0.39 is 0 Å². The molecule has 1 saturated carbocycles. The van der Waals surface area contributed by atoms with Gasteiger partial charge in [0.2, 0.25) is 5.91 Å². The van der Waals surface area contributed by atoms with Gasteiger partial charge in [0.1, 0.15) is 0 Å². The zero-order chi connectivity index (χ0) is 15.4. The largest absolute Gasteiger partial charge is 0.398 e. The fraction of sp³-hybridized carbons (Fsp3) is 0.562. The van der Waals surface area contributed by atoms with Crippen molar-refractivity contribution in [3.63, 3.8) is 0 Å². The van der Waals surface area contributed by atoms with Crippen LogP contribution in [0.4, 0.5) is 11.4 Å². The van der Waals surface area contributed by atoms with Gasteiger partial charge in [-0.3, -0.25) is 9.69 Å². The Bertz CT molecular complexity index is 504. The molecule has 5 heteroatoms. The predicted octanol–water partition coefficient (Wildman–Crippen LogP) is 1.75. The number of aliphatic hydroxyl groups is 1. The van der Waals surface area contributed by atoms with E-state index in [1.165, 1.54) is 0 Å². The van der Waals surface area contributed by atoms with Crippen LogP contribution in [0.5, 0.6) is 0 Å². The Morgan fingerprint density at radius 2 is 2.14 bits per heavy atom. The van der Waals surface area contributed by atoms with Crippen molar-refractivity contribution in [3.8, 4) is 0 Å². The van der Waals surface area contributed by atoms with Gasteiger partial charge in [-0.2, -0.15) is 0 Å². The zero-order valence-corrected chi connectivity index (χ0v) is 12.8. The molecule has 2 rings (SSSR count). The minimum absolute atomic E-state index is 0.0765. The molecule has 4 N–H and O–H groups in total. The number of nitrogens with zero attached hydrogens (tertiary/aromatic N) is 1. The molecule has 0 radical (unpaired) electrons. The third kappa shape index (κ3) is 4.19. The van der Waals surface area contributed by atoms with Crippen molar-refractivity contribution in [1.29, 1.82) is 0 Å². The standard InChI is InChI=1S/C16H25N3O2/c1-11-7-8-12(9-13(11)17)18-16(21)10-19(2)14-5-3-4-6-15(14)20/h7-9,14-15,20H,3-6,10,17H2,1-2H3,(H,18,21). The monoisotopic (exact) mass is 291 g/mol. The number of nitrogens with one attached hydrogen (secondary N) is 1. The molecule has 0 aliphatic heterocycles. The number of rotatable bonds is 4. The summed E-state index contributed by atoms with van der Waals surface area (Å²) in [4.78, 5) is 14.0. The number of likely N-dealkylation sites (N-methyl/N-ethyl adjacent to an activating group) is 1. The van der Waals surface area contributed by atoms with Crippen LogP contribution in [0.2, 0.25) is 0 Å². The summed E-state index contributed by atoms with van der Waals surface area (Å²) in [5.74, 6) is -0.0847. The molecule has 0 aromatic heterocycles. The third-order valence-electron chi connectivity index (χ3n) is 4.22. The molecular weight excluding hydrogens is 266 g/mol. The van der Waals surface area contributed by atoms with Crippen LogP contribution >= 0.6 is 0 Å². The molecule has 5 nitrogen and oxygen atoms in total. The zero-order valence-electron chi connectivity index (χ0n) is 12.8. The van der Waals surface area contributed by atoms with Crippen LogP contribution in [-0.4, -0.2) is 41.7 Å². The number of hydrogen-bond acceptors (Lipinski definition) is 4. The van der Waals surface area contributed by atoms with Gasteiger partial charge in [-0.1, -0.05) is 18.9 Å². The first-order chi connectivity index (χ1) is 9.97. The topological polar surface area (TPSA) is 78.6 Å². The molecule has 0 heterocycles. The van der Waals surface area contributed by atoms with Crippen molar-refractivity contribution in [2.24, 2.45) is 0 Å². The molecule has 1 fully saturated rings. The van der Waals surface area contributed by atoms with Crippen LogP contribution in [0, 0.1) is 6.92 Å². The van der Waals surface area contributed by atoms with Crippen molar-refractivity contribution >= 4 is 17.3 Å². The minimum atomic E-state index is -0.327. The number of nitrogen functional groups attached to an aromatic ring is 1. The normalized spacial score (nSPS) is 22.3. The van der Waals surface area contributed by atoms with Crippen LogP contribution in [0.1, 0.15) is 31.2 Å². The maximum absolute atomic E-state index is 12.1. The molecule has 2 atom stereocenters. The second-order valence-corrected chi connectivity index (χ2v) is 5.95. The summed E-state index contributed by atoms with van der Waals surface area (Å²) in [6.07, 6.45) is 3.63. The summed E-state index contributed by atoms with van der Waals surface area (Å²) < 4.78 is 0. The summed E-state index contributed by atoms with van der Waals surface area (Å²) in [6.45, 7) is 2.20. The van der Waals surface area contributed by atoms with Gasteiger partial charge in [0.25, 0.3) is 0 Å². The maximum atomic E-state index is 12.1. The molecule has 116 valence electrons. The maximum Gasteiger partial charge on any atom is 0.238 e. The van der Waals surface area contributed by atoms with Crippen LogP contribution in [0.3, 0.4) is 0 Å². The first-order valence-corrected chi connectivity index (χ1v) is 7.51. The van der Waals surface area contributed by atoms with Crippen molar-refractivity contribution in [1.82, 2.24) is 4.90 Å². The summed E-state index contributed by atoms with van der Waals surface area (Å²) >= 11 is 0. The molecule has 1 aliphatic rings. The number of nitrogens with two attached hydrogens (primary N) is 1. The number of hydrogen-bond donors (Lipinski definition) is 3. The summed E-state index contributed by atoms with van der Waals surface area (Å²) in [6, 6.07) is 5.58. The number of anilines is 2. The fourth-order valence-electron chi connectivity index (χ4n) is 2.87. The lowest BCUT2D eigenvalue weighted by Crippen LogP contribution is -2.46. The van der Waals surface area contributed by atoms with Gasteiger partial charge in [0.15, 0.2) is 0 Å². The Morgan fingerprint density at radius 3 is 2.81 bits per heavy atom. The predicted molar refractivity (Wildman–Crippen MR) is 85.1 cm³/mol. The molecule has 0 bridgehead atoms. The van der Waals surface area contributed by atoms with E-state index in [1.807, 2.05) is 31.0 Å². The van der Waals surface area contributed by atoms with Gasteiger partial charge in [-0.25, -0.2) is 0 Å². The number of benzene rings is 1. The second kappa shape index (κ2) is 6.91. The first kappa shape index (κ1) is 15.8. The minimum Gasteiger partial charge on any atom is -0.398 e. The highest BCUT2D eigenvalue weighted by atomic mass is 16.3. The van der Waals surface area contributed by atoms with Gasteiger partial charge in [-0.15, -0.1) is 0 Å². The van der Waals surface area contributed by atoms with Gasteiger partial charge in [0, 0.05) is 17.4 Å². The molecule has 1 aromatic rings. The van der Waals surface area contributed by atoms with Gasteiger partial charge in [0.05, 0.1) is 12.6 Å². The Morgan fingerprint density at radius 1 is 1.43 bits per heavy atom. The highest BCUT2D eigenvalue weighted by Gasteiger charge is 2.27. The lowest BCUT2D eigenvalue weighted by molar-refractivity contribution is -0.118. The van der Waals surface area contributed by atoms with E-state index in [1.54, 1.807) is 6.07 Å². The third-order valence-corrected chi connectivity index (χ3v) is 4.22. The van der Waals surface area contributed by atoms with E-state index in [9.17, 15) is 9.90 Å². The van der Waals surface area contributed by atoms with Gasteiger partial charge >= 0.3 is 0 Å². The van der Waals surface area contributed by atoms with Gasteiger partial charge < -0.3 is 16.2 Å². The molecule has 2 unspecified atom stereocenters. The first-order valence-electron chi connectivity index (χ1n) is 7.51. The molecule has 1 aromatic carbocycles. The Balaban J connectivity index is 1.90. The number of carbonyl (C=O) groups excluding carboxylic acids is 1. The Labute approximate surface area is 126 Å². The van der Waals surface area contributed by atoms with E-state index in [2.05, 4.69) is 5.32 Å². The van der Waals surface area contributed by atoms with E-state index in [0.717, 1.165) is 31.2 Å². The van der Waals surface area contributed by atoms with Crippen LogP contribution < -0.4 is 11.1 Å². The average Bonchev–Trinajstić information content (AvgIpc) is 2.43. The molecule has 0 spiro atoms. The van der Waals surface area contributed by atoms with Gasteiger partial charge in [-0.05, 0) is 44.5 Å². The molecular formula is C16H25N3O2. The number of amides is 1.